The van der Waals surface area contributed by atoms with Gasteiger partial charge in [-0.15, -0.1) is 0 Å². The van der Waals surface area contributed by atoms with Crippen molar-refractivity contribution < 1.29 is 9.53 Å². The molecule has 2 aliphatic heterocycles. The summed E-state index contributed by atoms with van der Waals surface area (Å²) in [6.07, 6.45) is 7.17. The molecule has 6 nitrogen and oxygen atoms in total. The lowest BCUT2D eigenvalue weighted by Crippen LogP contribution is -2.54. The molecule has 0 aromatic carbocycles. The van der Waals surface area contributed by atoms with Gasteiger partial charge >= 0.3 is 6.09 Å². The summed E-state index contributed by atoms with van der Waals surface area (Å²) in [6, 6.07) is 4.54. The van der Waals surface area contributed by atoms with Crippen LogP contribution < -0.4 is 5.56 Å². The summed E-state index contributed by atoms with van der Waals surface area (Å²) >= 11 is 0. The van der Waals surface area contributed by atoms with Gasteiger partial charge in [0.1, 0.15) is 0 Å². The molecule has 26 heavy (non-hydrogen) atoms. The van der Waals surface area contributed by atoms with Crippen LogP contribution in [0, 0.1) is 5.41 Å². The molecule has 1 saturated carbocycles. The van der Waals surface area contributed by atoms with Crippen LogP contribution in [0.2, 0.25) is 0 Å². The molecule has 3 heterocycles. The highest BCUT2D eigenvalue weighted by Crippen LogP contribution is 2.50. The highest BCUT2D eigenvalue weighted by atomic mass is 16.6. The molecule has 3 fully saturated rings. The molecule has 142 valence electrons. The average molecular weight is 359 g/mol. The molecule has 2 saturated heterocycles. The van der Waals surface area contributed by atoms with Gasteiger partial charge in [-0.1, -0.05) is 6.07 Å². The first-order valence-corrected chi connectivity index (χ1v) is 9.93. The quantitative estimate of drug-likeness (QED) is 0.901. The standard InChI is InChI=1S/C20H29N3O3/c1-2-26-19(25)23-11-7-20(14-23)12-16(13-20)22-9-5-15(6-10-22)17-4-3-8-21-18(17)24/h3-4,8,15-16H,2,5-7,9-14H2,1H3,(H,21,24). The van der Waals surface area contributed by atoms with E-state index in [0.29, 0.717) is 24.0 Å². The molecule has 0 unspecified atom stereocenters. The second-order valence-corrected chi connectivity index (χ2v) is 8.20. The van der Waals surface area contributed by atoms with Crippen molar-refractivity contribution in [1.29, 1.82) is 0 Å². The van der Waals surface area contributed by atoms with Crippen LogP contribution in [-0.4, -0.2) is 59.7 Å². The molecule has 1 spiro atoms. The molecule has 1 aromatic rings. The van der Waals surface area contributed by atoms with Crippen molar-refractivity contribution in [2.75, 3.05) is 32.8 Å². The van der Waals surface area contributed by atoms with E-state index < -0.39 is 0 Å². The van der Waals surface area contributed by atoms with Crippen molar-refractivity contribution in [3.05, 3.63) is 34.2 Å². The molecule has 1 aliphatic carbocycles. The fraction of sp³-hybridized carbons (Fsp3) is 0.700. The van der Waals surface area contributed by atoms with Gasteiger partial charge in [0.05, 0.1) is 6.61 Å². The molecular weight excluding hydrogens is 330 g/mol. The summed E-state index contributed by atoms with van der Waals surface area (Å²) in [5.74, 6) is 0.385. The average Bonchev–Trinajstić information content (AvgIpc) is 3.07. The number of carbonyl (C=O) groups is 1. The van der Waals surface area contributed by atoms with Crippen molar-refractivity contribution in [1.82, 2.24) is 14.8 Å². The number of aromatic amines is 1. The van der Waals surface area contributed by atoms with Gasteiger partial charge in [0.2, 0.25) is 0 Å². The molecule has 1 N–H and O–H groups in total. The molecule has 0 radical (unpaired) electrons. The Morgan fingerprint density at radius 3 is 2.77 bits per heavy atom. The number of nitrogens with one attached hydrogen (secondary N) is 1. The normalized spacial score (nSPS) is 29.7. The van der Waals surface area contributed by atoms with Crippen molar-refractivity contribution in [2.24, 2.45) is 5.41 Å². The second-order valence-electron chi connectivity index (χ2n) is 8.20. The van der Waals surface area contributed by atoms with Crippen molar-refractivity contribution in [2.45, 2.75) is 51.0 Å². The monoisotopic (exact) mass is 359 g/mol. The summed E-state index contributed by atoms with van der Waals surface area (Å²) in [5.41, 5.74) is 1.34. The number of rotatable bonds is 3. The molecule has 0 bridgehead atoms. The van der Waals surface area contributed by atoms with E-state index in [-0.39, 0.29) is 11.7 Å². The van der Waals surface area contributed by atoms with E-state index in [4.69, 9.17) is 4.74 Å². The third-order valence-electron chi connectivity index (χ3n) is 6.64. The van der Waals surface area contributed by atoms with Crippen LogP contribution in [0.4, 0.5) is 4.79 Å². The highest BCUT2D eigenvalue weighted by molar-refractivity contribution is 5.68. The summed E-state index contributed by atoms with van der Waals surface area (Å²) in [5, 5.41) is 0. The fourth-order valence-corrected chi connectivity index (χ4v) is 5.17. The summed E-state index contributed by atoms with van der Waals surface area (Å²) < 4.78 is 5.14. The Hall–Kier alpha value is -1.82. The zero-order valence-electron chi connectivity index (χ0n) is 15.6. The van der Waals surface area contributed by atoms with Crippen molar-refractivity contribution in [3.63, 3.8) is 0 Å². The van der Waals surface area contributed by atoms with E-state index >= 15 is 0 Å². The van der Waals surface area contributed by atoms with E-state index in [9.17, 15) is 9.59 Å². The Morgan fingerprint density at radius 1 is 1.31 bits per heavy atom. The lowest BCUT2D eigenvalue weighted by atomic mass is 9.64. The number of ether oxygens (including phenoxy) is 1. The van der Waals surface area contributed by atoms with E-state index in [0.717, 1.165) is 51.0 Å². The van der Waals surface area contributed by atoms with Gasteiger partial charge < -0.3 is 19.5 Å². The lowest BCUT2D eigenvalue weighted by Gasteiger charge is -2.51. The molecule has 4 rings (SSSR count). The first-order chi connectivity index (χ1) is 12.6. The molecule has 1 aromatic heterocycles. The summed E-state index contributed by atoms with van der Waals surface area (Å²) in [6.45, 7) is 6.14. The minimum atomic E-state index is -0.151. The van der Waals surface area contributed by atoms with Crippen LogP contribution in [0.15, 0.2) is 23.1 Å². The minimum Gasteiger partial charge on any atom is -0.450 e. The van der Waals surface area contributed by atoms with Crippen LogP contribution >= 0.6 is 0 Å². The maximum atomic E-state index is 12.0. The Labute approximate surface area is 154 Å². The number of amides is 1. The Kier molecular flexibility index (Phi) is 4.78. The molecule has 3 aliphatic rings. The van der Waals surface area contributed by atoms with Gasteiger partial charge in [0.25, 0.3) is 5.56 Å². The molecule has 1 amide bonds. The topological polar surface area (TPSA) is 65.6 Å². The number of H-pyrrole nitrogens is 1. The zero-order chi connectivity index (χ0) is 18.1. The number of carbonyl (C=O) groups excluding carboxylic acids is 1. The van der Waals surface area contributed by atoms with Gasteiger partial charge in [0, 0.05) is 30.9 Å². The highest BCUT2D eigenvalue weighted by Gasteiger charge is 2.51. The van der Waals surface area contributed by atoms with E-state index in [2.05, 4.69) is 9.88 Å². The van der Waals surface area contributed by atoms with E-state index in [1.54, 1.807) is 6.20 Å². The number of nitrogens with zero attached hydrogens (tertiary/aromatic N) is 2. The first kappa shape index (κ1) is 17.6. The summed E-state index contributed by atoms with van der Waals surface area (Å²) in [7, 11) is 0. The predicted octanol–water partition coefficient (Wildman–Crippen LogP) is 2.57. The van der Waals surface area contributed by atoms with Gasteiger partial charge in [-0.25, -0.2) is 4.79 Å². The van der Waals surface area contributed by atoms with Crippen molar-refractivity contribution in [3.8, 4) is 0 Å². The third kappa shape index (κ3) is 3.27. The fourth-order valence-electron chi connectivity index (χ4n) is 5.17. The van der Waals surface area contributed by atoms with Gasteiger partial charge in [-0.3, -0.25) is 4.79 Å². The maximum Gasteiger partial charge on any atom is 0.409 e. The SMILES string of the molecule is CCOC(=O)N1CCC2(CC(N3CCC(c4ccc[nH]c4=O)CC3)C2)C1. The smallest absolute Gasteiger partial charge is 0.409 e. The van der Waals surface area contributed by atoms with E-state index in [1.165, 1.54) is 12.8 Å². The Morgan fingerprint density at radius 2 is 2.08 bits per heavy atom. The first-order valence-electron chi connectivity index (χ1n) is 9.93. The molecule has 6 heteroatoms. The van der Waals surface area contributed by atoms with E-state index in [1.807, 2.05) is 24.0 Å². The zero-order valence-corrected chi connectivity index (χ0v) is 15.6. The number of aromatic nitrogens is 1. The maximum absolute atomic E-state index is 12.0. The Balaban J connectivity index is 1.27. The molecule has 0 atom stereocenters. The van der Waals surface area contributed by atoms with Gasteiger partial charge in [-0.2, -0.15) is 0 Å². The minimum absolute atomic E-state index is 0.0681. The van der Waals surface area contributed by atoms with Crippen LogP contribution in [-0.2, 0) is 4.74 Å². The number of piperidine rings is 1. The third-order valence-corrected chi connectivity index (χ3v) is 6.64. The predicted molar refractivity (Wildman–Crippen MR) is 99.3 cm³/mol. The van der Waals surface area contributed by atoms with Gasteiger partial charge in [0.15, 0.2) is 0 Å². The van der Waals surface area contributed by atoms with Crippen LogP contribution in [0.5, 0.6) is 0 Å². The van der Waals surface area contributed by atoms with Crippen LogP contribution in [0.3, 0.4) is 0 Å². The Bertz CT molecular complexity index is 702. The van der Waals surface area contributed by atoms with Gasteiger partial charge in [-0.05, 0) is 69.5 Å². The second kappa shape index (κ2) is 7.06. The largest absolute Gasteiger partial charge is 0.450 e. The number of likely N-dealkylation sites (tertiary alicyclic amines) is 2. The van der Waals surface area contributed by atoms with Crippen molar-refractivity contribution >= 4 is 6.09 Å². The molecular formula is C20H29N3O3. The summed E-state index contributed by atoms with van der Waals surface area (Å²) in [4.78, 5) is 31.2. The number of hydrogen-bond acceptors (Lipinski definition) is 4. The van der Waals surface area contributed by atoms with Crippen LogP contribution in [0.25, 0.3) is 0 Å². The number of hydrogen-bond donors (Lipinski definition) is 1. The lowest BCUT2D eigenvalue weighted by molar-refractivity contribution is -0.00477. The van der Waals surface area contributed by atoms with Crippen LogP contribution in [0.1, 0.15) is 50.5 Å². The number of pyridine rings is 1.